The van der Waals surface area contributed by atoms with Crippen LogP contribution in [0.25, 0.3) is 10.9 Å². The molecule has 0 spiro atoms. The van der Waals surface area contributed by atoms with E-state index in [1.807, 2.05) is 12.1 Å². The average Bonchev–Trinajstić information content (AvgIpc) is 2.28. The number of anilines is 1. The summed E-state index contributed by atoms with van der Waals surface area (Å²) in [6, 6.07) is 5.36. The van der Waals surface area contributed by atoms with Crippen LogP contribution < -0.4 is 5.73 Å². The van der Waals surface area contributed by atoms with Gasteiger partial charge in [0.05, 0.1) is 0 Å². The lowest BCUT2D eigenvalue weighted by molar-refractivity contribution is 0.162. The minimum absolute atomic E-state index is 0.328. The summed E-state index contributed by atoms with van der Waals surface area (Å²) < 4.78 is 0.912. The van der Waals surface area contributed by atoms with Gasteiger partial charge >= 0.3 is 0 Å². The first-order valence-electron chi connectivity index (χ1n) is 3.31. The second-order valence-corrected chi connectivity index (χ2v) is 3.35. The second-order valence-electron chi connectivity index (χ2n) is 2.44. The van der Waals surface area contributed by atoms with Gasteiger partial charge in [-0.15, -0.1) is 5.10 Å². The number of hydrogen-bond donors (Lipinski definition) is 2. The molecule has 0 fully saturated rings. The molecule has 1 aromatic heterocycles. The molecule has 5 heteroatoms. The first-order chi connectivity index (χ1) is 5.68. The van der Waals surface area contributed by atoms with Gasteiger partial charge in [-0.3, -0.25) is 0 Å². The van der Waals surface area contributed by atoms with E-state index >= 15 is 0 Å². The van der Waals surface area contributed by atoms with E-state index in [4.69, 9.17) is 5.73 Å². The van der Waals surface area contributed by atoms with Crippen molar-refractivity contribution in [2.45, 2.75) is 0 Å². The third-order valence-electron chi connectivity index (χ3n) is 1.65. The number of nitrogens with zero attached hydrogens (tertiary/aromatic N) is 2. The number of nitrogens with two attached hydrogens (primary N) is 1. The summed E-state index contributed by atoms with van der Waals surface area (Å²) in [6.07, 6.45) is 0. The van der Waals surface area contributed by atoms with Gasteiger partial charge in [-0.25, -0.2) is 0 Å². The standard InChI is InChI=1S/C7H6BrN3O/c8-4-1-2-6-5(3-4)7(9)10-11(6)12/h1-3,12H,(H2,9,10). The van der Waals surface area contributed by atoms with Gasteiger partial charge in [0.2, 0.25) is 0 Å². The third-order valence-corrected chi connectivity index (χ3v) is 2.15. The predicted octanol–water partition coefficient (Wildman–Crippen LogP) is 1.62. The number of benzene rings is 1. The highest BCUT2D eigenvalue weighted by Gasteiger charge is 2.06. The normalized spacial score (nSPS) is 10.8. The summed E-state index contributed by atoms with van der Waals surface area (Å²) in [5.41, 5.74) is 6.14. The zero-order chi connectivity index (χ0) is 8.72. The molecule has 0 unspecified atom stereocenters. The van der Waals surface area contributed by atoms with Gasteiger partial charge < -0.3 is 10.9 Å². The largest absolute Gasteiger partial charge is 0.411 e. The molecule has 2 aromatic rings. The van der Waals surface area contributed by atoms with Crippen LogP contribution in [0.5, 0.6) is 0 Å². The van der Waals surface area contributed by atoms with E-state index in [1.54, 1.807) is 6.07 Å². The summed E-state index contributed by atoms with van der Waals surface area (Å²) in [5, 5.41) is 13.6. The average molecular weight is 228 g/mol. The molecule has 0 amide bonds. The number of rotatable bonds is 0. The molecular weight excluding hydrogens is 222 g/mol. The SMILES string of the molecule is Nc1nn(O)c2ccc(Br)cc12. The monoisotopic (exact) mass is 227 g/mol. The van der Waals surface area contributed by atoms with E-state index in [1.165, 1.54) is 0 Å². The minimum Gasteiger partial charge on any atom is -0.411 e. The van der Waals surface area contributed by atoms with E-state index < -0.39 is 0 Å². The first kappa shape index (κ1) is 7.42. The zero-order valence-electron chi connectivity index (χ0n) is 6.03. The molecule has 12 heavy (non-hydrogen) atoms. The van der Waals surface area contributed by atoms with E-state index in [2.05, 4.69) is 21.0 Å². The summed E-state index contributed by atoms with van der Waals surface area (Å²) in [4.78, 5) is 0.775. The molecule has 0 aliphatic rings. The molecular formula is C7H6BrN3O. The second kappa shape index (κ2) is 2.38. The highest BCUT2D eigenvalue weighted by Crippen LogP contribution is 2.23. The Bertz CT molecular complexity index is 437. The van der Waals surface area contributed by atoms with Gasteiger partial charge in [-0.1, -0.05) is 20.8 Å². The van der Waals surface area contributed by atoms with Crippen molar-refractivity contribution in [1.29, 1.82) is 0 Å². The van der Waals surface area contributed by atoms with E-state index in [9.17, 15) is 5.21 Å². The van der Waals surface area contributed by atoms with Gasteiger partial charge in [-0.2, -0.15) is 0 Å². The number of halogens is 1. The molecule has 62 valence electrons. The molecule has 0 atom stereocenters. The number of hydrogen-bond acceptors (Lipinski definition) is 3. The molecule has 1 aromatic carbocycles. The van der Waals surface area contributed by atoms with Crippen LogP contribution in [0, 0.1) is 0 Å². The summed E-state index contributed by atoms with van der Waals surface area (Å²) in [5.74, 6) is 0.328. The Morgan fingerprint density at radius 1 is 1.50 bits per heavy atom. The lowest BCUT2D eigenvalue weighted by atomic mass is 10.2. The maximum Gasteiger partial charge on any atom is 0.157 e. The maximum absolute atomic E-state index is 9.19. The Labute approximate surface area is 76.7 Å². The van der Waals surface area contributed by atoms with Crippen molar-refractivity contribution in [3.63, 3.8) is 0 Å². The molecule has 3 N–H and O–H groups in total. The van der Waals surface area contributed by atoms with Crippen LogP contribution in [-0.4, -0.2) is 15.2 Å². The Balaban J connectivity index is 2.90. The van der Waals surface area contributed by atoms with Crippen LogP contribution in [0.15, 0.2) is 22.7 Å². The molecule has 0 saturated carbocycles. The van der Waals surface area contributed by atoms with Crippen LogP contribution in [0.2, 0.25) is 0 Å². The van der Waals surface area contributed by atoms with Crippen LogP contribution in [0.3, 0.4) is 0 Å². The lowest BCUT2D eigenvalue weighted by Crippen LogP contribution is -1.92. The maximum atomic E-state index is 9.19. The molecule has 0 saturated heterocycles. The third kappa shape index (κ3) is 0.937. The van der Waals surface area contributed by atoms with Crippen LogP contribution >= 0.6 is 15.9 Å². The first-order valence-corrected chi connectivity index (χ1v) is 4.11. The Morgan fingerprint density at radius 2 is 2.25 bits per heavy atom. The zero-order valence-corrected chi connectivity index (χ0v) is 7.62. The van der Waals surface area contributed by atoms with Gasteiger partial charge in [0, 0.05) is 9.86 Å². The van der Waals surface area contributed by atoms with E-state index in [0.717, 1.165) is 14.7 Å². The molecule has 0 aliphatic heterocycles. The number of nitrogen functional groups attached to an aromatic ring is 1. The molecule has 0 aliphatic carbocycles. The summed E-state index contributed by atoms with van der Waals surface area (Å²) in [7, 11) is 0. The fourth-order valence-electron chi connectivity index (χ4n) is 1.10. The van der Waals surface area contributed by atoms with Crippen LogP contribution in [0.1, 0.15) is 0 Å². The Morgan fingerprint density at radius 3 is 3.00 bits per heavy atom. The highest BCUT2D eigenvalue weighted by molar-refractivity contribution is 9.10. The Hall–Kier alpha value is -1.23. The van der Waals surface area contributed by atoms with Crippen molar-refractivity contribution in [3.8, 4) is 0 Å². The number of fused-ring (bicyclic) bond motifs is 1. The van der Waals surface area contributed by atoms with Crippen molar-refractivity contribution in [2.24, 2.45) is 0 Å². The fraction of sp³-hybridized carbons (Fsp3) is 0. The lowest BCUT2D eigenvalue weighted by Gasteiger charge is -1.91. The van der Waals surface area contributed by atoms with Crippen molar-refractivity contribution in [3.05, 3.63) is 22.7 Å². The van der Waals surface area contributed by atoms with Crippen LogP contribution in [0.4, 0.5) is 5.82 Å². The minimum atomic E-state index is 0.328. The molecule has 4 nitrogen and oxygen atoms in total. The summed E-state index contributed by atoms with van der Waals surface area (Å²) in [6.45, 7) is 0. The van der Waals surface area contributed by atoms with Crippen molar-refractivity contribution in [2.75, 3.05) is 5.73 Å². The van der Waals surface area contributed by atoms with E-state index in [0.29, 0.717) is 11.3 Å². The molecule has 0 bridgehead atoms. The van der Waals surface area contributed by atoms with Crippen molar-refractivity contribution in [1.82, 2.24) is 9.94 Å². The van der Waals surface area contributed by atoms with E-state index in [-0.39, 0.29) is 0 Å². The number of aromatic nitrogens is 2. The Kier molecular flexibility index (Phi) is 1.47. The smallest absolute Gasteiger partial charge is 0.157 e. The van der Waals surface area contributed by atoms with Crippen molar-refractivity contribution < 1.29 is 5.21 Å². The van der Waals surface area contributed by atoms with Crippen LogP contribution in [-0.2, 0) is 0 Å². The van der Waals surface area contributed by atoms with Gasteiger partial charge in [0.1, 0.15) is 5.52 Å². The van der Waals surface area contributed by atoms with Gasteiger partial charge in [0.15, 0.2) is 5.82 Å². The van der Waals surface area contributed by atoms with Gasteiger partial charge in [-0.05, 0) is 18.2 Å². The topological polar surface area (TPSA) is 64.1 Å². The fourth-order valence-corrected chi connectivity index (χ4v) is 1.46. The highest BCUT2D eigenvalue weighted by atomic mass is 79.9. The molecule has 2 rings (SSSR count). The molecule has 0 radical (unpaired) electrons. The van der Waals surface area contributed by atoms with Crippen molar-refractivity contribution >= 4 is 32.7 Å². The molecule has 1 heterocycles. The quantitative estimate of drug-likeness (QED) is 0.673. The predicted molar refractivity (Wildman–Crippen MR) is 49.0 cm³/mol. The van der Waals surface area contributed by atoms with Gasteiger partial charge in [0.25, 0.3) is 0 Å². The summed E-state index contributed by atoms with van der Waals surface area (Å²) >= 11 is 3.30.